The fourth-order valence-electron chi connectivity index (χ4n) is 2.27. The molecule has 2 heterocycles. The van der Waals surface area contributed by atoms with Gasteiger partial charge < -0.3 is 9.88 Å². The number of nitrogens with one attached hydrogen (secondary N) is 1. The molecule has 0 bridgehead atoms. The molecule has 5 nitrogen and oxygen atoms in total. The lowest BCUT2D eigenvalue weighted by Gasteiger charge is -2.07. The van der Waals surface area contributed by atoms with Crippen molar-refractivity contribution in [3.05, 3.63) is 45.7 Å². The molecule has 1 aromatic heterocycles. The van der Waals surface area contributed by atoms with Crippen LogP contribution in [0.3, 0.4) is 0 Å². The minimum Gasteiger partial charge on any atom is -0.345 e. The number of nitrogens with zero attached hydrogens (tertiary/aromatic N) is 3. The van der Waals surface area contributed by atoms with Crippen molar-refractivity contribution in [1.29, 1.82) is 0 Å². The number of hydrogen-bond donors (Lipinski definition) is 1. The lowest BCUT2D eigenvalue weighted by molar-refractivity contribution is 0.0945. The summed E-state index contributed by atoms with van der Waals surface area (Å²) in [6.07, 6.45) is 1.97. The van der Waals surface area contributed by atoms with E-state index in [1.807, 2.05) is 4.57 Å². The van der Waals surface area contributed by atoms with E-state index in [-0.39, 0.29) is 12.1 Å². The van der Waals surface area contributed by atoms with Crippen LogP contribution in [-0.4, -0.2) is 20.7 Å². The monoisotopic (exact) mass is 338 g/mol. The zero-order valence-corrected chi connectivity index (χ0v) is 12.2. The predicted molar refractivity (Wildman–Crippen MR) is 73.6 cm³/mol. The quantitative estimate of drug-likeness (QED) is 0.931. The van der Waals surface area contributed by atoms with Crippen LogP contribution in [0.25, 0.3) is 0 Å². The van der Waals surface area contributed by atoms with E-state index in [4.69, 9.17) is 0 Å². The summed E-state index contributed by atoms with van der Waals surface area (Å²) in [5, 5.41) is 10.8. The van der Waals surface area contributed by atoms with Gasteiger partial charge in [-0.1, -0.05) is 15.9 Å². The van der Waals surface area contributed by atoms with E-state index in [9.17, 15) is 9.18 Å². The first-order valence-corrected chi connectivity index (χ1v) is 7.08. The summed E-state index contributed by atoms with van der Waals surface area (Å²) < 4.78 is 16.2. The molecule has 0 radical (unpaired) electrons. The molecule has 1 aliphatic heterocycles. The molecule has 1 N–H and O–H groups in total. The van der Waals surface area contributed by atoms with Crippen LogP contribution >= 0.6 is 15.9 Å². The molecule has 0 aliphatic carbocycles. The third-order valence-electron chi connectivity index (χ3n) is 3.27. The highest BCUT2D eigenvalue weighted by molar-refractivity contribution is 9.10. The molecule has 0 saturated carbocycles. The van der Waals surface area contributed by atoms with Crippen molar-refractivity contribution in [2.45, 2.75) is 25.9 Å². The van der Waals surface area contributed by atoms with Crippen molar-refractivity contribution in [2.24, 2.45) is 0 Å². The highest BCUT2D eigenvalue weighted by Gasteiger charge is 2.18. The molecule has 1 aromatic carbocycles. The molecule has 7 heteroatoms. The molecule has 3 rings (SSSR count). The normalized spacial score (nSPS) is 13.3. The van der Waals surface area contributed by atoms with Gasteiger partial charge in [0.05, 0.1) is 12.1 Å². The van der Waals surface area contributed by atoms with Crippen LogP contribution in [0.2, 0.25) is 0 Å². The Morgan fingerprint density at radius 1 is 1.45 bits per heavy atom. The maximum Gasteiger partial charge on any atom is 0.254 e. The molecule has 20 heavy (non-hydrogen) atoms. The molecule has 0 atom stereocenters. The summed E-state index contributed by atoms with van der Waals surface area (Å²) in [6, 6.07) is 4.27. The van der Waals surface area contributed by atoms with Crippen LogP contribution in [0.1, 0.15) is 28.4 Å². The Kier molecular flexibility index (Phi) is 3.52. The van der Waals surface area contributed by atoms with Gasteiger partial charge in [-0.2, -0.15) is 0 Å². The average Bonchev–Trinajstić information content (AvgIpc) is 3.02. The topological polar surface area (TPSA) is 59.8 Å². The van der Waals surface area contributed by atoms with Gasteiger partial charge in [-0.25, -0.2) is 4.39 Å². The molecule has 0 fully saturated rings. The number of carbonyl (C=O) groups excluding carboxylic acids is 1. The predicted octanol–water partition coefficient (Wildman–Crippen LogP) is 2.06. The van der Waals surface area contributed by atoms with Gasteiger partial charge in [0, 0.05) is 17.4 Å². The lowest BCUT2D eigenvalue weighted by atomic mass is 10.2. The summed E-state index contributed by atoms with van der Waals surface area (Å²) in [6.45, 7) is 1.12. The van der Waals surface area contributed by atoms with Gasteiger partial charge in [-0.05, 0) is 24.6 Å². The van der Waals surface area contributed by atoms with Crippen LogP contribution in [0.5, 0.6) is 0 Å². The summed E-state index contributed by atoms with van der Waals surface area (Å²) in [5.74, 6) is 0.653. The fourth-order valence-corrected chi connectivity index (χ4v) is 2.63. The summed E-state index contributed by atoms with van der Waals surface area (Å²) >= 11 is 3.22. The number of carbonyl (C=O) groups is 1. The molecular weight excluding hydrogens is 327 g/mol. The Morgan fingerprint density at radius 2 is 2.30 bits per heavy atom. The Balaban J connectivity index is 1.72. The summed E-state index contributed by atoms with van der Waals surface area (Å²) in [7, 11) is 0. The van der Waals surface area contributed by atoms with Gasteiger partial charge in [-0.15, -0.1) is 10.2 Å². The van der Waals surface area contributed by atoms with Gasteiger partial charge in [0.2, 0.25) is 0 Å². The molecule has 0 unspecified atom stereocenters. The second-order valence-electron chi connectivity index (χ2n) is 4.59. The zero-order valence-electron chi connectivity index (χ0n) is 10.6. The SMILES string of the molecule is O=C(NCc1nnc2n1CCC2)c1cc(Br)ccc1F. The number of aryl methyl sites for hydroxylation is 1. The smallest absolute Gasteiger partial charge is 0.254 e. The number of fused-ring (bicyclic) bond motifs is 1. The molecule has 2 aromatic rings. The number of rotatable bonds is 3. The van der Waals surface area contributed by atoms with Crippen molar-refractivity contribution in [3.63, 3.8) is 0 Å². The first-order chi connectivity index (χ1) is 9.65. The van der Waals surface area contributed by atoms with E-state index < -0.39 is 11.7 Å². The van der Waals surface area contributed by atoms with Crippen LogP contribution in [0.4, 0.5) is 4.39 Å². The van der Waals surface area contributed by atoms with E-state index in [0.717, 1.165) is 25.2 Å². The van der Waals surface area contributed by atoms with Crippen LogP contribution < -0.4 is 5.32 Å². The van der Waals surface area contributed by atoms with E-state index in [2.05, 4.69) is 31.4 Å². The average molecular weight is 339 g/mol. The maximum absolute atomic E-state index is 13.6. The van der Waals surface area contributed by atoms with Gasteiger partial charge in [0.15, 0.2) is 5.82 Å². The maximum atomic E-state index is 13.6. The molecule has 104 valence electrons. The second kappa shape index (κ2) is 5.32. The highest BCUT2D eigenvalue weighted by atomic mass is 79.9. The third kappa shape index (κ3) is 2.45. The Morgan fingerprint density at radius 3 is 3.15 bits per heavy atom. The molecule has 0 spiro atoms. The van der Waals surface area contributed by atoms with E-state index in [0.29, 0.717) is 10.3 Å². The molecule has 1 amide bonds. The summed E-state index contributed by atoms with van der Waals surface area (Å²) in [5.41, 5.74) is 0.0144. The number of halogens is 2. The van der Waals surface area contributed by atoms with Crippen molar-refractivity contribution in [1.82, 2.24) is 20.1 Å². The number of benzene rings is 1. The largest absolute Gasteiger partial charge is 0.345 e. The van der Waals surface area contributed by atoms with Crippen molar-refractivity contribution in [2.75, 3.05) is 0 Å². The van der Waals surface area contributed by atoms with Gasteiger partial charge >= 0.3 is 0 Å². The fraction of sp³-hybridized carbons (Fsp3) is 0.308. The minimum absolute atomic E-state index is 0.0144. The number of hydrogen-bond acceptors (Lipinski definition) is 3. The highest BCUT2D eigenvalue weighted by Crippen LogP contribution is 2.16. The Hall–Kier alpha value is -1.76. The molecular formula is C13H12BrFN4O. The van der Waals surface area contributed by atoms with Crippen LogP contribution in [-0.2, 0) is 19.5 Å². The summed E-state index contributed by atoms with van der Waals surface area (Å²) in [4.78, 5) is 12.0. The first-order valence-electron chi connectivity index (χ1n) is 6.29. The van der Waals surface area contributed by atoms with Crippen molar-refractivity contribution in [3.8, 4) is 0 Å². The lowest BCUT2D eigenvalue weighted by Crippen LogP contribution is -2.25. The van der Waals surface area contributed by atoms with Crippen LogP contribution in [0.15, 0.2) is 22.7 Å². The molecule has 1 aliphatic rings. The third-order valence-corrected chi connectivity index (χ3v) is 3.76. The zero-order chi connectivity index (χ0) is 14.1. The number of aromatic nitrogens is 3. The minimum atomic E-state index is -0.544. The van der Waals surface area contributed by atoms with Crippen molar-refractivity contribution < 1.29 is 9.18 Å². The van der Waals surface area contributed by atoms with Crippen molar-refractivity contribution >= 4 is 21.8 Å². The van der Waals surface area contributed by atoms with E-state index in [1.54, 1.807) is 6.07 Å². The first kappa shape index (κ1) is 13.2. The molecule has 0 saturated heterocycles. The Bertz CT molecular complexity index is 670. The van der Waals surface area contributed by atoms with E-state index >= 15 is 0 Å². The second-order valence-corrected chi connectivity index (χ2v) is 5.51. The van der Waals surface area contributed by atoms with Gasteiger partial charge in [0.1, 0.15) is 11.6 Å². The van der Waals surface area contributed by atoms with Gasteiger partial charge in [-0.3, -0.25) is 4.79 Å². The number of amides is 1. The van der Waals surface area contributed by atoms with Gasteiger partial charge in [0.25, 0.3) is 5.91 Å². The van der Waals surface area contributed by atoms with Crippen LogP contribution in [0, 0.1) is 5.82 Å². The standard InChI is InChI=1S/C13H12BrFN4O/c14-8-3-4-10(15)9(6-8)13(20)16-7-12-18-17-11-2-1-5-19(11)12/h3-4,6H,1-2,5,7H2,(H,16,20). The Labute approximate surface area is 123 Å². The van der Waals surface area contributed by atoms with E-state index in [1.165, 1.54) is 12.1 Å².